The fraction of sp³-hybridized carbons (Fsp3) is 0.500. The molecule has 1 fully saturated rings. The van der Waals surface area contributed by atoms with E-state index in [0.717, 1.165) is 12.8 Å². The minimum absolute atomic E-state index is 0.429. The van der Waals surface area contributed by atoms with Gasteiger partial charge in [-0.05, 0) is 18.4 Å². The SMILES string of the molecule is CCCC=CC=CC(O)=C1C(=O)NC(CC(O)(C(=O)O)C(C)C)C1=O. The summed E-state index contributed by atoms with van der Waals surface area (Å²) in [5, 5.41) is 31.8. The van der Waals surface area contributed by atoms with E-state index < -0.39 is 53.0 Å². The van der Waals surface area contributed by atoms with Crippen LogP contribution in [0.4, 0.5) is 0 Å². The molecule has 0 aliphatic carbocycles. The number of allylic oxidation sites excluding steroid dienone is 4. The summed E-state index contributed by atoms with van der Waals surface area (Å²) in [6.07, 6.45) is 7.68. The molecule has 0 radical (unpaired) electrons. The third-order valence-electron chi connectivity index (χ3n) is 4.15. The number of nitrogens with one attached hydrogen (secondary N) is 1. The van der Waals surface area contributed by atoms with Crippen LogP contribution in [0.25, 0.3) is 0 Å². The first-order chi connectivity index (χ1) is 11.6. The van der Waals surface area contributed by atoms with E-state index in [1.54, 1.807) is 6.08 Å². The lowest BCUT2D eigenvalue weighted by molar-refractivity contribution is -0.165. The number of carbonyl (C=O) groups excluding carboxylic acids is 2. The number of hydrogen-bond donors (Lipinski definition) is 4. The number of carboxylic acid groups (broad SMARTS) is 1. The van der Waals surface area contributed by atoms with Gasteiger partial charge in [0.05, 0.1) is 6.04 Å². The number of aliphatic carboxylic acids is 1. The zero-order valence-corrected chi connectivity index (χ0v) is 14.7. The summed E-state index contributed by atoms with van der Waals surface area (Å²) in [4.78, 5) is 35.7. The zero-order chi connectivity index (χ0) is 19.2. The Labute approximate surface area is 146 Å². The quantitative estimate of drug-likeness (QED) is 0.228. The Bertz CT molecular complexity index is 631. The lowest BCUT2D eigenvalue weighted by Gasteiger charge is -2.29. The molecule has 1 amide bonds. The van der Waals surface area contributed by atoms with Gasteiger partial charge in [-0.15, -0.1) is 0 Å². The summed E-state index contributed by atoms with van der Waals surface area (Å²) in [5.74, 6) is -4.14. The number of ketones is 1. The average Bonchev–Trinajstić information content (AvgIpc) is 2.80. The van der Waals surface area contributed by atoms with Crippen LogP contribution >= 0.6 is 0 Å². The molecule has 1 heterocycles. The van der Waals surface area contributed by atoms with E-state index in [-0.39, 0.29) is 0 Å². The first-order valence-corrected chi connectivity index (χ1v) is 8.22. The molecule has 2 unspecified atom stereocenters. The summed E-state index contributed by atoms with van der Waals surface area (Å²) in [6, 6.07) is -1.20. The average molecular weight is 351 g/mol. The number of amides is 1. The topological polar surface area (TPSA) is 124 Å². The second kappa shape index (κ2) is 8.62. The van der Waals surface area contributed by atoms with Gasteiger partial charge in [0.1, 0.15) is 11.3 Å². The van der Waals surface area contributed by atoms with Crippen molar-refractivity contribution >= 4 is 17.7 Å². The van der Waals surface area contributed by atoms with Crippen molar-refractivity contribution in [3.05, 3.63) is 35.6 Å². The fourth-order valence-electron chi connectivity index (χ4n) is 2.42. The predicted molar refractivity (Wildman–Crippen MR) is 91.8 cm³/mol. The standard InChI is InChI=1S/C18H25NO6/c1-4-5-6-7-8-9-13(20)14-15(21)12(19-16(14)22)10-18(25,11(2)3)17(23)24/h6-9,11-12,20,25H,4-5,10H2,1-3H3,(H,19,22)(H,23,24). The van der Waals surface area contributed by atoms with E-state index in [1.807, 2.05) is 13.0 Å². The smallest absolute Gasteiger partial charge is 0.336 e. The summed E-state index contributed by atoms with van der Waals surface area (Å²) in [6.45, 7) is 5.04. The van der Waals surface area contributed by atoms with Crippen molar-refractivity contribution < 1.29 is 29.7 Å². The molecule has 1 rings (SSSR count). The third kappa shape index (κ3) is 4.79. The number of aliphatic hydroxyl groups is 2. The predicted octanol–water partition coefficient (Wildman–Crippen LogP) is 1.64. The Morgan fingerprint density at radius 1 is 1.28 bits per heavy atom. The number of Topliss-reactive ketones (excluding diaryl/α,β-unsaturated/α-hetero) is 1. The Hall–Kier alpha value is -2.41. The first kappa shape index (κ1) is 20.6. The van der Waals surface area contributed by atoms with Gasteiger partial charge in [0.25, 0.3) is 5.91 Å². The van der Waals surface area contributed by atoms with Gasteiger partial charge in [-0.3, -0.25) is 9.59 Å². The van der Waals surface area contributed by atoms with Crippen LogP contribution in [0.1, 0.15) is 40.0 Å². The van der Waals surface area contributed by atoms with Crippen molar-refractivity contribution in [2.75, 3.05) is 0 Å². The van der Waals surface area contributed by atoms with Gasteiger partial charge in [0.15, 0.2) is 11.4 Å². The van der Waals surface area contributed by atoms with Crippen LogP contribution in [0.3, 0.4) is 0 Å². The second-order valence-electron chi connectivity index (χ2n) is 6.31. The van der Waals surface area contributed by atoms with Crippen LogP contribution < -0.4 is 5.32 Å². The van der Waals surface area contributed by atoms with Gasteiger partial charge in [-0.1, -0.05) is 45.4 Å². The highest BCUT2D eigenvalue weighted by Crippen LogP contribution is 2.27. The van der Waals surface area contributed by atoms with E-state index in [0.29, 0.717) is 0 Å². The fourth-order valence-corrected chi connectivity index (χ4v) is 2.42. The van der Waals surface area contributed by atoms with Gasteiger partial charge in [-0.25, -0.2) is 4.79 Å². The maximum Gasteiger partial charge on any atom is 0.336 e. The van der Waals surface area contributed by atoms with E-state index in [9.17, 15) is 29.7 Å². The molecule has 138 valence electrons. The number of rotatable bonds is 8. The minimum Gasteiger partial charge on any atom is -0.507 e. The van der Waals surface area contributed by atoms with E-state index in [1.165, 1.54) is 26.0 Å². The van der Waals surface area contributed by atoms with Crippen LogP contribution in [0.5, 0.6) is 0 Å². The van der Waals surface area contributed by atoms with Crippen molar-refractivity contribution in [1.29, 1.82) is 0 Å². The Balaban J connectivity index is 2.99. The lowest BCUT2D eigenvalue weighted by Crippen LogP contribution is -2.49. The van der Waals surface area contributed by atoms with Crippen molar-refractivity contribution in [2.45, 2.75) is 51.7 Å². The lowest BCUT2D eigenvalue weighted by atomic mass is 9.83. The summed E-state index contributed by atoms with van der Waals surface area (Å²) in [5.41, 5.74) is -2.58. The molecule has 0 spiro atoms. The number of aliphatic hydroxyl groups excluding tert-OH is 1. The van der Waals surface area contributed by atoms with E-state index in [4.69, 9.17) is 0 Å². The van der Waals surface area contributed by atoms with Crippen molar-refractivity contribution in [3.8, 4) is 0 Å². The number of unbranched alkanes of at least 4 members (excludes halogenated alkanes) is 1. The highest BCUT2D eigenvalue weighted by molar-refractivity contribution is 6.27. The number of carbonyl (C=O) groups is 3. The molecule has 1 aliphatic rings. The van der Waals surface area contributed by atoms with Gasteiger partial charge >= 0.3 is 5.97 Å². The number of carboxylic acids is 1. The third-order valence-corrected chi connectivity index (χ3v) is 4.15. The Morgan fingerprint density at radius 2 is 1.92 bits per heavy atom. The monoisotopic (exact) mass is 351 g/mol. The van der Waals surface area contributed by atoms with Gasteiger partial charge in [-0.2, -0.15) is 0 Å². The highest BCUT2D eigenvalue weighted by Gasteiger charge is 2.47. The molecule has 25 heavy (non-hydrogen) atoms. The number of hydrogen-bond acceptors (Lipinski definition) is 5. The maximum absolute atomic E-state index is 12.4. The Morgan fingerprint density at radius 3 is 2.44 bits per heavy atom. The molecular formula is C18H25NO6. The molecule has 0 saturated carbocycles. The van der Waals surface area contributed by atoms with Crippen molar-refractivity contribution in [1.82, 2.24) is 5.32 Å². The first-order valence-electron chi connectivity index (χ1n) is 8.22. The van der Waals surface area contributed by atoms with Crippen molar-refractivity contribution in [2.24, 2.45) is 5.92 Å². The van der Waals surface area contributed by atoms with Crippen LogP contribution in [0.15, 0.2) is 35.6 Å². The summed E-state index contributed by atoms with van der Waals surface area (Å²) in [7, 11) is 0. The van der Waals surface area contributed by atoms with E-state index >= 15 is 0 Å². The Kier molecular flexibility index (Phi) is 7.11. The molecule has 4 N–H and O–H groups in total. The van der Waals surface area contributed by atoms with Crippen LogP contribution in [0, 0.1) is 5.92 Å². The molecule has 2 atom stereocenters. The van der Waals surface area contributed by atoms with Crippen LogP contribution in [0.2, 0.25) is 0 Å². The molecule has 0 aromatic carbocycles. The van der Waals surface area contributed by atoms with Gasteiger partial charge < -0.3 is 20.6 Å². The normalized spacial score (nSPS) is 22.7. The molecule has 1 saturated heterocycles. The van der Waals surface area contributed by atoms with E-state index in [2.05, 4.69) is 5.32 Å². The summed E-state index contributed by atoms with van der Waals surface area (Å²) < 4.78 is 0. The van der Waals surface area contributed by atoms with Crippen LogP contribution in [-0.4, -0.2) is 44.6 Å². The highest BCUT2D eigenvalue weighted by atomic mass is 16.4. The molecule has 0 aromatic rings. The molecule has 0 aromatic heterocycles. The second-order valence-corrected chi connectivity index (χ2v) is 6.31. The van der Waals surface area contributed by atoms with Gasteiger partial charge in [0.2, 0.25) is 0 Å². The molecule has 7 nitrogen and oxygen atoms in total. The zero-order valence-electron chi connectivity index (χ0n) is 14.7. The molecule has 1 aliphatic heterocycles. The van der Waals surface area contributed by atoms with Crippen molar-refractivity contribution in [3.63, 3.8) is 0 Å². The minimum atomic E-state index is -2.16. The molecule has 0 bridgehead atoms. The molecule has 7 heteroatoms. The van der Waals surface area contributed by atoms with Crippen LogP contribution in [-0.2, 0) is 14.4 Å². The molecular weight excluding hydrogens is 326 g/mol. The largest absolute Gasteiger partial charge is 0.507 e. The summed E-state index contributed by atoms with van der Waals surface area (Å²) >= 11 is 0. The van der Waals surface area contributed by atoms with Gasteiger partial charge in [0, 0.05) is 6.42 Å². The maximum atomic E-state index is 12.4.